The Bertz CT molecular complexity index is 1460. The summed E-state index contributed by atoms with van der Waals surface area (Å²) in [5.41, 5.74) is 8.68. The number of nitrogens with two attached hydrogens (primary N) is 1. The lowest BCUT2D eigenvalue weighted by atomic mass is 10.0. The third-order valence-electron chi connectivity index (χ3n) is 6.03. The molecule has 0 spiro atoms. The molecular formula is C31H33N5O3. The third kappa shape index (κ3) is 8.44. The Morgan fingerprint density at radius 3 is 2.49 bits per heavy atom. The summed E-state index contributed by atoms with van der Waals surface area (Å²) in [6, 6.07) is 12.6. The van der Waals surface area contributed by atoms with E-state index in [0.29, 0.717) is 29.1 Å². The van der Waals surface area contributed by atoms with Crippen LogP contribution < -0.4 is 16.4 Å². The maximum Gasteiger partial charge on any atom is 0.251 e. The van der Waals surface area contributed by atoms with E-state index in [-0.39, 0.29) is 24.9 Å². The Balaban J connectivity index is 1.72. The molecule has 3 rings (SSSR count). The van der Waals surface area contributed by atoms with E-state index in [4.69, 9.17) is 5.73 Å². The Morgan fingerprint density at radius 1 is 1.08 bits per heavy atom. The van der Waals surface area contributed by atoms with Crippen molar-refractivity contribution in [2.45, 2.75) is 20.0 Å². The molecule has 8 heteroatoms. The number of nitrogens with zero attached hydrogens (tertiary/aromatic N) is 2. The Kier molecular flexibility index (Phi) is 10.6. The van der Waals surface area contributed by atoms with Crippen LogP contribution in [0.1, 0.15) is 40.9 Å². The minimum absolute atomic E-state index is 0.181. The average Bonchev–Trinajstić information content (AvgIpc) is 2.96. The van der Waals surface area contributed by atoms with Crippen molar-refractivity contribution in [3.05, 3.63) is 83.6 Å². The lowest BCUT2D eigenvalue weighted by Gasteiger charge is -2.22. The molecule has 0 aliphatic carbocycles. The molecule has 5 N–H and O–H groups in total. The predicted molar refractivity (Wildman–Crippen MR) is 155 cm³/mol. The number of fused-ring (bicyclic) bond motifs is 1. The van der Waals surface area contributed by atoms with E-state index >= 15 is 0 Å². The van der Waals surface area contributed by atoms with Crippen molar-refractivity contribution >= 4 is 28.4 Å². The minimum Gasteiger partial charge on any atom is -0.390 e. The molecule has 8 nitrogen and oxygen atoms in total. The maximum absolute atomic E-state index is 12.5. The molecule has 0 aliphatic rings. The number of benzene rings is 2. The zero-order chi connectivity index (χ0) is 28.2. The second-order valence-electron chi connectivity index (χ2n) is 8.72. The molecule has 1 unspecified atom stereocenters. The summed E-state index contributed by atoms with van der Waals surface area (Å²) in [6.07, 6.45) is 2.24. The smallest absolute Gasteiger partial charge is 0.251 e. The van der Waals surface area contributed by atoms with E-state index in [1.54, 1.807) is 30.5 Å². The van der Waals surface area contributed by atoms with Gasteiger partial charge < -0.3 is 26.4 Å². The van der Waals surface area contributed by atoms with Gasteiger partial charge in [-0.25, -0.2) is 4.98 Å². The van der Waals surface area contributed by atoms with E-state index in [1.807, 2.05) is 32.0 Å². The van der Waals surface area contributed by atoms with Gasteiger partial charge in [0.05, 0.1) is 18.2 Å². The fourth-order valence-electron chi connectivity index (χ4n) is 3.78. The van der Waals surface area contributed by atoms with E-state index in [2.05, 4.69) is 50.8 Å². The highest BCUT2D eigenvalue weighted by molar-refractivity contribution is 5.94. The van der Waals surface area contributed by atoms with Gasteiger partial charge in [0.1, 0.15) is 5.82 Å². The van der Waals surface area contributed by atoms with Crippen molar-refractivity contribution in [1.82, 2.24) is 20.5 Å². The highest BCUT2D eigenvalue weighted by Crippen LogP contribution is 2.23. The van der Waals surface area contributed by atoms with Gasteiger partial charge in [-0.05, 0) is 55.6 Å². The number of hydrogen-bond acceptors (Lipinski definition) is 6. The second kappa shape index (κ2) is 14.3. The van der Waals surface area contributed by atoms with Gasteiger partial charge in [-0.2, -0.15) is 0 Å². The SMILES string of the molecule is C=CC(=O)NCC#Cc1ccc2cnc(N)c(C#Cc3ccc(C(=O)NCC(O)CN(CC)CC)cc3)c2c1. The van der Waals surface area contributed by atoms with Gasteiger partial charge >= 0.3 is 0 Å². The Labute approximate surface area is 229 Å². The number of pyridine rings is 1. The molecule has 0 bridgehead atoms. The lowest BCUT2D eigenvalue weighted by Crippen LogP contribution is -2.40. The monoisotopic (exact) mass is 523 g/mol. The van der Waals surface area contributed by atoms with Gasteiger partial charge in [0.2, 0.25) is 5.91 Å². The van der Waals surface area contributed by atoms with Crippen molar-refractivity contribution in [2.75, 3.05) is 38.5 Å². The van der Waals surface area contributed by atoms with Gasteiger partial charge in [-0.15, -0.1) is 0 Å². The fraction of sp³-hybridized carbons (Fsp3) is 0.258. The van der Waals surface area contributed by atoms with E-state index in [9.17, 15) is 14.7 Å². The third-order valence-corrected chi connectivity index (χ3v) is 6.03. The van der Waals surface area contributed by atoms with Crippen LogP contribution in [0.15, 0.2) is 61.3 Å². The molecule has 0 aliphatic heterocycles. The van der Waals surface area contributed by atoms with Crippen LogP contribution in [-0.4, -0.2) is 65.6 Å². The number of aliphatic hydroxyl groups is 1. The summed E-state index contributed by atoms with van der Waals surface area (Å²) in [5.74, 6) is 11.9. The van der Waals surface area contributed by atoms with Crippen LogP contribution in [0.4, 0.5) is 5.82 Å². The van der Waals surface area contributed by atoms with Gasteiger partial charge in [0.15, 0.2) is 0 Å². The van der Waals surface area contributed by atoms with E-state index in [1.165, 1.54) is 6.08 Å². The highest BCUT2D eigenvalue weighted by Gasteiger charge is 2.12. The van der Waals surface area contributed by atoms with Gasteiger partial charge in [0.25, 0.3) is 5.91 Å². The summed E-state index contributed by atoms with van der Waals surface area (Å²) in [5, 5.41) is 17.3. The van der Waals surface area contributed by atoms with Crippen molar-refractivity contribution in [3.63, 3.8) is 0 Å². The summed E-state index contributed by atoms with van der Waals surface area (Å²) in [7, 11) is 0. The molecule has 3 aromatic rings. The van der Waals surface area contributed by atoms with E-state index < -0.39 is 6.10 Å². The number of hydrogen-bond donors (Lipinski definition) is 4. The molecule has 0 fully saturated rings. The van der Waals surface area contributed by atoms with Crippen molar-refractivity contribution in [1.29, 1.82) is 0 Å². The Hall–Kier alpha value is -4.63. The normalized spacial score (nSPS) is 11.1. The standard InChI is InChI=1S/C31H33N5O3/c1-4-29(38)33-17-7-8-23-11-15-25-19-34-30(32)27(28(25)18-23)16-12-22-9-13-24(14-10-22)31(39)35-20-26(37)21-36(5-2)6-3/h4,9-11,13-15,18-19,26,37H,1,5-6,17,20-21H2,2-3H3,(H2,32,34)(H,33,38)(H,35,39). The zero-order valence-corrected chi connectivity index (χ0v) is 22.3. The van der Waals surface area contributed by atoms with Gasteiger partial charge in [-0.3, -0.25) is 9.59 Å². The topological polar surface area (TPSA) is 121 Å². The molecule has 1 heterocycles. The highest BCUT2D eigenvalue weighted by atomic mass is 16.3. The summed E-state index contributed by atoms with van der Waals surface area (Å²) in [4.78, 5) is 30.1. The number of nitrogen functional groups attached to an aromatic ring is 1. The number of carbonyl (C=O) groups is 2. The predicted octanol–water partition coefficient (Wildman–Crippen LogP) is 2.30. The molecule has 2 amide bonds. The molecule has 0 radical (unpaired) electrons. The number of anilines is 1. The first-order valence-electron chi connectivity index (χ1n) is 12.7. The second-order valence-corrected chi connectivity index (χ2v) is 8.72. The first-order valence-corrected chi connectivity index (χ1v) is 12.7. The lowest BCUT2D eigenvalue weighted by molar-refractivity contribution is -0.116. The van der Waals surface area contributed by atoms with Crippen molar-refractivity contribution in [2.24, 2.45) is 0 Å². The molecular weight excluding hydrogens is 490 g/mol. The number of aliphatic hydroxyl groups excluding tert-OH is 1. The first-order chi connectivity index (χ1) is 18.8. The first kappa shape index (κ1) is 28.9. The Morgan fingerprint density at radius 2 is 1.79 bits per heavy atom. The van der Waals surface area contributed by atoms with Crippen LogP contribution >= 0.6 is 0 Å². The number of aromatic nitrogens is 1. The number of carbonyl (C=O) groups excluding carboxylic acids is 2. The largest absolute Gasteiger partial charge is 0.390 e. The molecule has 1 aromatic heterocycles. The fourth-order valence-corrected chi connectivity index (χ4v) is 3.78. The number of amides is 2. The zero-order valence-electron chi connectivity index (χ0n) is 22.3. The number of likely N-dealkylation sites (N-methyl/N-ethyl adjacent to an activating group) is 1. The van der Waals surface area contributed by atoms with Crippen LogP contribution in [0.3, 0.4) is 0 Å². The molecule has 0 saturated carbocycles. The van der Waals surface area contributed by atoms with Crippen LogP contribution in [0, 0.1) is 23.7 Å². The summed E-state index contributed by atoms with van der Waals surface area (Å²) >= 11 is 0. The molecule has 2 aromatic carbocycles. The molecule has 200 valence electrons. The quantitative estimate of drug-likeness (QED) is 0.252. The summed E-state index contributed by atoms with van der Waals surface area (Å²) in [6.45, 7) is 10.1. The average molecular weight is 524 g/mol. The van der Waals surface area contributed by atoms with Crippen LogP contribution in [0.2, 0.25) is 0 Å². The van der Waals surface area contributed by atoms with Gasteiger partial charge in [0, 0.05) is 46.7 Å². The minimum atomic E-state index is -0.636. The number of nitrogens with one attached hydrogen (secondary N) is 2. The van der Waals surface area contributed by atoms with Crippen LogP contribution in [0.5, 0.6) is 0 Å². The van der Waals surface area contributed by atoms with Crippen LogP contribution in [0.25, 0.3) is 10.8 Å². The molecule has 1 atom stereocenters. The van der Waals surface area contributed by atoms with E-state index in [0.717, 1.165) is 29.4 Å². The van der Waals surface area contributed by atoms with Crippen molar-refractivity contribution < 1.29 is 14.7 Å². The molecule has 39 heavy (non-hydrogen) atoms. The van der Waals surface area contributed by atoms with Gasteiger partial charge in [-0.1, -0.05) is 50.2 Å². The molecule has 0 saturated heterocycles. The maximum atomic E-state index is 12.5. The summed E-state index contributed by atoms with van der Waals surface area (Å²) < 4.78 is 0. The van der Waals surface area contributed by atoms with Crippen molar-refractivity contribution in [3.8, 4) is 23.7 Å². The van der Waals surface area contributed by atoms with Crippen LogP contribution in [-0.2, 0) is 4.79 Å². The number of rotatable bonds is 9.